The third-order valence-electron chi connectivity index (χ3n) is 2.71. The number of hydrogen-bond donors (Lipinski definition) is 1. The third-order valence-corrected chi connectivity index (χ3v) is 4.46. The number of non-ortho nitro benzene ring substituents is 1. The summed E-state index contributed by atoms with van der Waals surface area (Å²) in [6, 6.07) is 9.84. The summed E-state index contributed by atoms with van der Waals surface area (Å²) in [6.45, 7) is 0. The van der Waals surface area contributed by atoms with E-state index < -0.39 is 36.9 Å². The molecule has 21 heavy (non-hydrogen) atoms. The number of nitrogens with zero attached hydrogens (tertiary/aromatic N) is 1. The first-order chi connectivity index (χ1) is 9.82. The summed E-state index contributed by atoms with van der Waals surface area (Å²) in [6.07, 6.45) is 0. The number of carboxylic acid groups (broad SMARTS) is 1. The Balaban J connectivity index is 2.69. The Kier molecular flexibility index (Phi) is 3.72. The maximum Gasteiger partial charge on any atom is 0.335 e. The number of benzene rings is 2. The Bertz CT molecular complexity index is 782. The molecule has 0 aliphatic carbocycles. The Morgan fingerprint density at radius 2 is 1.67 bits per heavy atom. The number of nitro groups is 1. The van der Waals surface area contributed by atoms with Gasteiger partial charge < -0.3 is 5.11 Å². The van der Waals surface area contributed by atoms with Gasteiger partial charge in [0.25, 0.3) is 5.69 Å². The van der Waals surface area contributed by atoms with Gasteiger partial charge in [-0.1, -0.05) is 18.2 Å². The van der Waals surface area contributed by atoms with E-state index in [1.165, 1.54) is 24.3 Å². The highest BCUT2D eigenvalue weighted by Gasteiger charge is 2.23. The first kappa shape index (κ1) is 14.7. The van der Waals surface area contributed by atoms with Crippen LogP contribution in [0.1, 0.15) is 10.4 Å². The quantitative estimate of drug-likeness (QED) is 0.683. The molecule has 1 N–H and O–H groups in total. The minimum absolute atomic E-state index is 0.0677. The van der Waals surface area contributed by atoms with Crippen LogP contribution in [0.15, 0.2) is 58.3 Å². The van der Waals surface area contributed by atoms with Gasteiger partial charge in [0, 0.05) is 12.1 Å². The molecule has 0 bridgehead atoms. The Hall–Kier alpha value is -2.74. The molecule has 0 aliphatic heterocycles. The van der Waals surface area contributed by atoms with Gasteiger partial charge in [-0.05, 0) is 18.2 Å². The molecule has 0 saturated carbocycles. The van der Waals surface area contributed by atoms with Gasteiger partial charge in [0.2, 0.25) is 9.84 Å². The fourth-order valence-electron chi connectivity index (χ4n) is 1.70. The second kappa shape index (κ2) is 5.33. The maximum absolute atomic E-state index is 12.4. The van der Waals surface area contributed by atoms with Crippen LogP contribution in [-0.4, -0.2) is 24.4 Å². The van der Waals surface area contributed by atoms with Gasteiger partial charge in [-0.3, -0.25) is 10.1 Å². The highest BCUT2D eigenvalue weighted by atomic mass is 32.2. The monoisotopic (exact) mass is 307 g/mol. The van der Waals surface area contributed by atoms with Crippen LogP contribution in [0.2, 0.25) is 0 Å². The van der Waals surface area contributed by atoms with Crippen molar-refractivity contribution in [2.45, 2.75) is 9.79 Å². The number of rotatable bonds is 4. The van der Waals surface area contributed by atoms with Gasteiger partial charge in [0.1, 0.15) is 0 Å². The zero-order valence-electron chi connectivity index (χ0n) is 10.5. The molecule has 0 radical (unpaired) electrons. The standard InChI is InChI=1S/C13H9NO6S/c15-13(16)9-6-10(14(17)18)8-12(7-9)21(19,20)11-4-2-1-3-5-11/h1-8H,(H,15,16). The maximum atomic E-state index is 12.4. The average molecular weight is 307 g/mol. The molecule has 0 unspecified atom stereocenters. The zero-order valence-corrected chi connectivity index (χ0v) is 11.3. The second-order valence-electron chi connectivity index (χ2n) is 4.09. The average Bonchev–Trinajstić information content (AvgIpc) is 2.47. The molecular weight excluding hydrogens is 298 g/mol. The molecular formula is C13H9NO6S. The number of carboxylic acids is 1. The summed E-state index contributed by atoms with van der Waals surface area (Å²) < 4.78 is 24.7. The van der Waals surface area contributed by atoms with Crippen LogP contribution in [-0.2, 0) is 9.84 Å². The normalized spacial score (nSPS) is 11.0. The fourth-order valence-corrected chi connectivity index (χ4v) is 3.05. The predicted octanol–water partition coefficient (Wildman–Crippen LogP) is 2.13. The lowest BCUT2D eigenvalue weighted by molar-refractivity contribution is -0.385. The molecule has 0 aromatic heterocycles. The summed E-state index contributed by atoms with van der Waals surface area (Å²) in [5.74, 6) is -1.44. The smallest absolute Gasteiger partial charge is 0.335 e. The molecule has 0 atom stereocenters. The molecule has 0 amide bonds. The predicted molar refractivity (Wildman–Crippen MR) is 71.9 cm³/mol. The van der Waals surface area contributed by atoms with Gasteiger partial charge in [-0.2, -0.15) is 0 Å². The first-order valence-corrected chi connectivity index (χ1v) is 7.13. The molecule has 7 nitrogen and oxygen atoms in total. The van der Waals surface area contributed by atoms with E-state index in [0.29, 0.717) is 0 Å². The Morgan fingerprint density at radius 3 is 2.19 bits per heavy atom. The molecule has 0 fully saturated rings. The molecule has 8 heteroatoms. The van der Waals surface area contributed by atoms with Gasteiger partial charge >= 0.3 is 5.97 Å². The highest BCUT2D eigenvalue weighted by molar-refractivity contribution is 7.91. The van der Waals surface area contributed by atoms with Crippen molar-refractivity contribution in [3.63, 3.8) is 0 Å². The molecule has 2 aromatic carbocycles. The summed E-state index contributed by atoms with van der Waals surface area (Å²) in [5.41, 5.74) is -1.05. The molecule has 0 spiro atoms. The molecule has 0 heterocycles. The zero-order chi connectivity index (χ0) is 15.6. The topological polar surface area (TPSA) is 115 Å². The number of hydrogen-bond acceptors (Lipinski definition) is 5. The fraction of sp³-hybridized carbons (Fsp3) is 0. The lowest BCUT2D eigenvalue weighted by atomic mass is 10.2. The number of carbonyl (C=O) groups is 1. The van der Waals surface area contributed by atoms with E-state index in [-0.39, 0.29) is 4.90 Å². The first-order valence-electron chi connectivity index (χ1n) is 5.65. The van der Waals surface area contributed by atoms with E-state index in [0.717, 1.165) is 18.2 Å². The Morgan fingerprint density at radius 1 is 1.05 bits per heavy atom. The van der Waals surface area contributed by atoms with Crippen molar-refractivity contribution in [1.82, 2.24) is 0 Å². The van der Waals surface area contributed by atoms with Crippen LogP contribution < -0.4 is 0 Å². The summed E-state index contributed by atoms with van der Waals surface area (Å²) in [7, 11) is -4.02. The largest absolute Gasteiger partial charge is 0.478 e. The van der Waals surface area contributed by atoms with Gasteiger partial charge in [-0.15, -0.1) is 0 Å². The molecule has 0 saturated heterocycles. The van der Waals surface area contributed by atoms with E-state index in [2.05, 4.69) is 0 Å². The van der Waals surface area contributed by atoms with Crippen LogP contribution in [0.4, 0.5) is 5.69 Å². The molecule has 108 valence electrons. The second-order valence-corrected chi connectivity index (χ2v) is 6.04. The molecule has 2 aromatic rings. The van der Waals surface area contributed by atoms with Crippen LogP contribution in [0.3, 0.4) is 0 Å². The van der Waals surface area contributed by atoms with Gasteiger partial charge in [0.15, 0.2) is 0 Å². The van der Waals surface area contributed by atoms with Crippen LogP contribution in [0.25, 0.3) is 0 Å². The highest BCUT2D eigenvalue weighted by Crippen LogP contribution is 2.26. The van der Waals surface area contributed by atoms with Crippen LogP contribution >= 0.6 is 0 Å². The minimum Gasteiger partial charge on any atom is -0.478 e. The lowest BCUT2D eigenvalue weighted by Gasteiger charge is -2.05. The van der Waals surface area contributed by atoms with Gasteiger partial charge in [-0.25, -0.2) is 13.2 Å². The summed E-state index contributed by atoms with van der Waals surface area (Å²) >= 11 is 0. The van der Waals surface area contributed by atoms with E-state index >= 15 is 0 Å². The lowest BCUT2D eigenvalue weighted by Crippen LogP contribution is -2.06. The van der Waals surface area contributed by atoms with E-state index in [1.54, 1.807) is 6.07 Å². The van der Waals surface area contributed by atoms with Crippen LogP contribution in [0.5, 0.6) is 0 Å². The van der Waals surface area contributed by atoms with Crippen molar-refractivity contribution < 1.29 is 23.2 Å². The number of aromatic carboxylic acids is 1. The van der Waals surface area contributed by atoms with Crippen molar-refractivity contribution in [1.29, 1.82) is 0 Å². The van der Waals surface area contributed by atoms with Crippen molar-refractivity contribution in [3.05, 3.63) is 64.2 Å². The summed E-state index contributed by atoms with van der Waals surface area (Å²) in [4.78, 5) is 20.4. The van der Waals surface area contributed by atoms with E-state index in [4.69, 9.17) is 5.11 Å². The molecule has 0 aliphatic rings. The van der Waals surface area contributed by atoms with Crippen molar-refractivity contribution >= 4 is 21.5 Å². The molecule has 2 rings (SSSR count). The van der Waals surface area contributed by atoms with Crippen molar-refractivity contribution in [2.75, 3.05) is 0 Å². The summed E-state index contributed by atoms with van der Waals surface area (Å²) in [5, 5.41) is 19.7. The number of nitro benzene ring substituents is 1. The van der Waals surface area contributed by atoms with Crippen LogP contribution in [0, 0.1) is 10.1 Å². The van der Waals surface area contributed by atoms with Gasteiger partial charge in [0.05, 0.1) is 20.3 Å². The van der Waals surface area contributed by atoms with E-state index in [1.807, 2.05) is 0 Å². The number of sulfone groups is 1. The minimum atomic E-state index is -4.02. The van der Waals surface area contributed by atoms with E-state index in [9.17, 15) is 23.3 Å². The third kappa shape index (κ3) is 2.90. The van der Waals surface area contributed by atoms with Crippen molar-refractivity contribution in [3.8, 4) is 0 Å². The Labute approximate surface area is 119 Å². The SMILES string of the molecule is O=C(O)c1cc([N+](=O)[O-])cc(S(=O)(=O)c2ccccc2)c1. The van der Waals surface area contributed by atoms with Crippen molar-refractivity contribution in [2.24, 2.45) is 0 Å².